The molecule has 2 amide bonds. The Hall–Kier alpha value is -3.46. The van der Waals surface area contributed by atoms with E-state index in [0.717, 1.165) is 4.90 Å². The van der Waals surface area contributed by atoms with Crippen molar-refractivity contribution in [2.24, 2.45) is 0 Å². The zero-order valence-corrected chi connectivity index (χ0v) is 20.3. The fourth-order valence-corrected chi connectivity index (χ4v) is 4.24. The van der Waals surface area contributed by atoms with Crippen molar-refractivity contribution in [1.82, 2.24) is 4.90 Å². The maximum Gasteiger partial charge on any atom is 0.309 e. The van der Waals surface area contributed by atoms with Crippen LogP contribution in [-0.2, 0) is 14.3 Å². The first kappa shape index (κ1) is 24.8. The highest BCUT2D eigenvalue weighted by molar-refractivity contribution is 6.88. The summed E-state index contributed by atoms with van der Waals surface area (Å²) in [5, 5.41) is 19.3. The Morgan fingerprint density at radius 1 is 1.00 bits per heavy atom. The number of hydrogen-bond acceptors (Lipinski definition) is 6. The molecule has 0 aliphatic heterocycles. The van der Waals surface area contributed by atoms with Crippen LogP contribution in [-0.4, -0.2) is 50.7 Å². The molecule has 3 N–H and O–H groups in total. The second-order valence-corrected chi connectivity index (χ2v) is 13.5. The zero-order chi connectivity index (χ0) is 24.1. The van der Waals surface area contributed by atoms with Crippen molar-refractivity contribution < 1.29 is 19.1 Å². The maximum atomic E-state index is 13.3. The lowest BCUT2D eigenvalue weighted by Gasteiger charge is -2.27. The normalized spacial score (nSPS) is 11.8. The van der Waals surface area contributed by atoms with Gasteiger partial charge in [-0.1, -0.05) is 49.1 Å². The van der Waals surface area contributed by atoms with E-state index < -0.39 is 31.8 Å². The molecule has 32 heavy (non-hydrogen) atoms. The average Bonchev–Trinajstić information content (AvgIpc) is 2.73. The second-order valence-electron chi connectivity index (χ2n) is 8.40. The van der Waals surface area contributed by atoms with Crippen LogP contribution in [0.4, 0.5) is 5.69 Å². The van der Waals surface area contributed by atoms with Crippen LogP contribution in [0, 0.1) is 10.8 Å². The van der Waals surface area contributed by atoms with Crippen molar-refractivity contribution in [3.05, 3.63) is 54.1 Å². The number of likely N-dealkylation sites (N-methyl/N-ethyl adjacent to an activating group) is 1. The minimum Gasteiger partial charge on any atom is -0.497 e. The summed E-state index contributed by atoms with van der Waals surface area (Å²) in [6.07, 6.45) is 0. The van der Waals surface area contributed by atoms with Crippen LogP contribution in [0.2, 0.25) is 19.6 Å². The largest absolute Gasteiger partial charge is 0.497 e. The molecule has 2 aromatic carbocycles. The first-order valence-corrected chi connectivity index (χ1v) is 13.6. The van der Waals surface area contributed by atoms with Crippen molar-refractivity contribution in [2.45, 2.75) is 32.6 Å². The highest BCUT2D eigenvalue weighted by Gasteiger charge is 2.32. The van der Waals surface area contributed by atoms with Gasteiger partial charge in [0.15, 0.2) is 5.90 Å². The van der Waals surface area contributed by atoms with Crippen molar-refractivity contribution in [1.29, 1.82) is 10.8 Å². The number of methoxy groups -OCH3 is 1. The van der Waals surface area contributed by atoms with E-state index in [1.807, 2.05) is 24.3 Å². The van der Waals surface area contributed by atoms with Crippen LogP contribution in [0.3, 0.4) is 0 Å². The van der Waals surface area contributed by atoms with E-state index >= 15 is 0 Å². The third kappa shape index (κ3) is 6.27. The molecule has 1 unspecified atom stereocenters. The van der Waals surface area contributed by atoms with Gasteiger partial charge in [0.25, 0.3) is 11.8 Å². The molecule has 2 aromatic rings. The minimum absolute atomic E-state index is 0.287. The van der Waals surface area contributed by atoms with Gasteiger partial charge in [-0.3, -0.25) is 20.4 Å². The molecule has 0 radical (unpaired) electrons. The smallest absolute Gasteiger partial charge is 0.309 e. The maximum absolute atomic E-state index is 13.3. The van der Waals surface area contributed by atoms with Gasteiger partial charge in [0, 0.05) is 19.7 Å². The van der Waals surface area contributed by atoms with E-state index in [4.69, 9.17) is 20.3 Å². The lowest BCUT2D eigenvalue weighted by molar-refractivity contribution is -0.133. The number of benzene rings is 2. The summed E-state index contributed by atoms with van der Waals surface area (Å²) in [4.78, 5) is 27.1. The fourth-order valence-electron chi connectivity index (χ4n) is 3.08. The number of nitrogens with zero attached hydrogens (tertiary/aromatic N) is 1. The molecular formula is C23H30N4O4Si. The number of nitrogens with one attached hydrogen (secondary N) is 3. The SMILES string of the molecule is COc1ccc(C(C(=O)Nc2ccc([Si](C)(C)C)cc2)N(C)C(=O)C(=N)OC(C)=N)cc1. The number of ether oxygens (including phenoxy) is 2. The van der Waals surface area contributed by atoms with Gasteiger partial charge in [-0.15, -0.1) is 0 Å². The summed E-state index contributed by atoms with van der Waals surface area (Å²) in [6.45, 7) is 8.05. The quantitative estimate of drug-likeness (QED) is 0.352. The summed E-state index contributed by atoms with van der Waals surface area (Å²) < 4.78 is 10.0. The van der Waals surface area contributed by atoms with Gasteiger partial charge in [-0.2, -0.15) is 0 Å². The van der Waals surface area contributed by atoms with Crippen LogP contribution in [0.15, 0.2) is 48.5 Å². The Morgan fingerprint density at radius 2 is 1.56 bits per heavy atom. The Labute approximate surface area is 189 Å². The molecule has 0 aliphatic rings. The summed E-state index contributed by atoms with van der Waals surface area (Å²) >= 11 is 0. The van der Waals surface area contributed by atoms with Crippen LogP contribution in [0.25, 0.3) is 0 Å². The molecule has 2 rings (SSSR count). The topological polar surface area (TPSA) is 116 Å². The number of hydrogen-bond donors (Lipinski definition) is 3. The number of amides is 2. The Morgan fingerprint density at radius 3 is 2.03 bits per heavy atom. The molecule has 0 spiro atoms. The van der Waals surface area contributed by atoms with E-state index in [9.17, 15) is 9.59 Å². The van der Waals surface area contributed by atoms with Gasteiger partial charge in [-0.05, 0) is 29.8 Å². The first-order valence-electron chi connectivity index (χ1n) is 10.1. The van der Waals surface area contributed by atoms with Crippen molar-refractivity contribution in [2.75, 3.05) is 19.5 Å². The Kier molecular flexibility index (Phi) is 7.93. The third-order valence-electron chi connectivity index (χ3n) is 4.86. The van der Waals surface area contributed by atoms with Crippen molar-refractivity contribution >= 4 is 42.6 Å². The standard InChI is InChI=1S/C23H30N4O4Si/c1-15(24)31-21(25)23(29)27(2)20(16-7-11-18(30-3)12-8-16)22(28)26-17-9-13-19(14-10-17)32(4,5)6/h7-14,20,24-25H,1-6H3,(H,26,28). The first-order chi connectivity index (χ1) is 14.9. The fraction of sp³-hybridized carbons (Fsp3) is 0.304. The highest BCUT2D eigenvalue weighted by atomic mass is 28.3. The van der Waals surface area contributed by atoms with Crippen molar-refractivity contribution in [3.8, 4) is 5.75 Å². The predicted octanol–water partition coefficient (Wildman–Crippen LogP) is 3.37. The number of anilines is 1. The molecule has 0 heterocycles. The van der Waals surface area contributed by atoms with Crippen LogP contribution in [0.1, 0.15) is 18.5 Å². The molecule has 8 nitrogen and oxygen atoms in total. The second kappa shape index (κ2) is 10.2. The molecule has 170 valence electrons. The number of carbonyl (C=O) groups excluding carboxylic acids is 2. The van der Waals surface area contributed by atoms with E-state index in [-0.39, 0.29) is 5.90 Å². The summed E-state index contributed by atoms with van der Waals surface area (Å²) in [6, 6.07) is 13.5. The Bertz CT molecular complexity index is 998. The van der Waals surface area contributed by atoms with Gasteiger partial charge in [-0.25, -0.2) is 0 Å². The van der Waals surface area contributed by atoms with E-state index in [1.54, 1.807) is 24.3 Å². The van der Waals surface area contributed by atoms with Gasteiger partial charge in [0.1, 0.15) is 11.8 Å². The van der Waals surface area contributed by atoms with Crippen LogP contribution in [0.5, 0.6) is 5.75 Å². The number of rotatable bonds is 6. The molecule has 0 aliphatic carbocycles. The highest BCUT2D eigenvalue weighted by Crippen LogP contribution is 2.24. The molecule has 0 aromatic heterocycles. The average molecular weight is 455 g/mol. The number of carbonyl (C=O) groups is 2. The van der Waals surface area contributed by atoms with Gasteiger partial charge >= 0.3 is 5.91 Å². The summed E-state index contributed by atoms with van der Waals surface area (Å²) in [7, 11) is 1.49. The third-order valence-corrected chi connectivity index (χ3v) is 6.92. The summed E-state index contributed by atoms with van der Waals surface area (Å²) in [5.74, 6) is -1.66. The minimum atomic E-state index is -1.47. The lowest BCUT2D eigenvalue weighted by atomic mass is 10.0. The van der Waals surface area contributed by atoms with Crippen molar-refractivity contribution in [3.63, 3.8) is 0 Å². The predicted molar refractivity (Wildman–Crippen MR) is 129 cm³/mol. The molecular weight excluding hydrogens is 424 g/mol. The molecule has 0 saturated carbocycles. The van der Waals surface area contributed by atoms with Crippen LogP contribution >= 0.6 is 0 Å². The zero-order valence-electron chi connectivity index (χ0n) is 19.3. The van der Waals surface area contributed by atoms with Crippen LogP contribution < -0.4 is 15.2 Å². The van der Waals surface area contributed by atoms with E-state index in [1.165, 1.54) is 26.3 Å². The Balaban J connectivity index is 2.34. The monoisotopic (exact) mass is 454 g/mol. The summed E-state index contributed by atoms with van der Waals surface area (Å²) in [5.41, 5.74) is 1.15. The van der Waals surface area contributed by atoms with Gasteiger partial charge in [0.2, 0.25) is 0 Å². The van der Waals surface area contributed by atoms with E-state index in [2.05, 4.69) is 25.0 Å². The molecule has 0 fully saturated rings. The van der Waals surface area contributed by atoms with E-state index in [0.29, 0.717) is 17.0 Å². The molecule has 0 saturated heterocycles. The van der Waals surface area contributed by atoms with Gasteiger partial charge in [0.05, 0.1) is 15.2 Å². The van der Waals surface area contributed by atoms with Gasteiger partial charge < -0.3 is 19.7 Å². The lowest BCUT2D eigenvalue weighted by Crippen LogP contribution is -2.42. The molecule has 1 atom stereocenters. The molecule has 0 bridgehead atoms. The molecule has 9 heteroatoms.